The lowest BCUT2D eigenvalue weighted by Gasteiger charge is -2.36. The highest BCUT2D eigenvalue weighted by Crippen LogP contribution is 2.38. The van der Waals surface area contributed by atoms with Crippen molar-refractivity contribution in [3.63, 3.8) is 0 Å². The van der Waals surface area contributed by atoms with E-state index in [1.165, 1.54) is 37.4 Å². The third-order valence-electron chi connectivity index (χ3n) is 6.68. The van der Waals surface area contributed by atoms with Gasteiger partial charge in [-0.15, -0.1) is 11.5 Å². The molecule has 12 heteroatoms. The molecule has 39 heavy (non-hydrogen) atoms. The summed E-state index contributed by atoms with van der Waals surface area (Å²) in [6.07, 6.45) is 4.19. The van der Waals surface area contributed by atoms with Crippen LogP contribution in [-0.2, 0) is 22.3 Å². The molecule has 1 aromatic heterocycles. The van der Waals surface area contributed by atoms with Crippen LogP contribution in [0.1, 0.15) is 36.8 Å². The number of ether oxygens (including phenoxy) is 2. The van der Waals surface area contributed by atoms with Gasteiger partial charge in [0.2, 0.25) is 5.91 Å². The van der Waals surface area contributed by atoms with Gasteiger partial charge in [0, 0.05) is 18.2 Å². The Hall–Kier alpha value is -4.53. The molecule has 1 N–H and O–H groups in total. The van der Waals surface area contributed by atoms with Gasteiger partial charge in [-0.1, -0.05) is 12.8 Å². The molecule has 2 amide bonds. The number of carbonyl (C=O) groups is 2. The predicted octanol–water partition coefficient (Wildman–Crippen LogP) is 3.90. The van der Waals surface area contributed by atoms with Crippen molar-refractivity contribution in [1.82, 2.24) is 20.1 Å². The van der Waals surface area contributed by atoms with Crippen LogP contribution in [0.5, 0.6) is 11.5 Å². The minimum Gasteiger partial charge on any atom is -0.497 e. The second-order valence-electron chi connectivity index (χ2n) is 8.92. The molecular weight excluding hydrogens is 515 g/mol. The molecule has 2 aromatic carbocycles. The molecular formula is C27H26F3N5O4. The molecule has 0 aliphatic heterocycles. The summed E-state index contributed by atoms with van der Waals surface area (Å²) >= 11 is 0. The zero-order chi connectivity index (χ0) is 28.2. The SMILES string of the molecule is C#CC(=O)N(c1ncn(-c2ccc(C(F)(F)F)cc2)n1)C1(C(=O)NCc2ccc(OC)cc2OC)CCCC1. The Morgan fingerprint density at radius 2 is 1.82 bits per heavy atom. The summed E-state index contributed by atoms with van der Waals surface area (Å²) < 4.78 is 50.7. The lowest BCUT2D eigenvalue weighted by molar-refractivity contribution is -0.137. The van der Waals surface area contributed by atoms with Gasteiger partial charge in [-0.25, -0.2) is 4.68 Å². The van der Waals surface area contributed by atoms with Crippen molar-refractivity contribution in [3.8, 4) is 29.5 Å². The maximum atomic E-state index is 13.7. The number of nitrogens with one attached hydrogen (secondary N) is 1. The Morgan fingerprint density at radius 3 is 2.41 bits per heavy atom. The summed E-state index contributed by atoms with van der Waals surface area (Å²) in [7, 11) is 3.04. The minimum atomic E-state index is -4.49. The van der Waals surface area contributed by atoms with E-state index in [4.69, 9.17) is 15.9 Å². The Balaban J connectivity index is 1.63. The highest BCUT2D eigenvalue weighted by atomic mass is 19.4. The van der Waals surface area contributed by atoms with E-state index in [0.717, 1.165) is 17.0 Å². The number of amides is 2. The maximum absolute atomic E-state index is 13.7. The molecule has 1 fully saturated rings. The average molecular weight is 542 g/mol. The van der Waals surface area contributed by atoms with Crippen LogP contribution in [0, 0.1) is 12.3 Å². The van der Waals surface area contributed by atoms with Gasteiger partial charge in [-0.2, -0.15) is 18.2 Å². The van der Waals surface area contributed by atoms with Crippen LogP contribution in [0.3, 0.4) is 0 Å². The van der Waals surface area contributed by atoms with Crippen LogP contribution in [0.25, 0.3) is 5.69 Å². The van der Waals surface area contributed by atoms with Crippen LogP contribution < -0.4 is 19.7 Å². The number of terminal acetylenes is 1. The first kappa shape index (κ1) is 27.5. The van der Waals surface area contributed by atoms with Gasteiger partial charge < -0.3 is 14.8 Å². The molecule has 0 unspecified atom stereocenters. The number of anilines is 1. The first-order chi connectivity index (χ1) is 18.6. The van der Waals surface area contributed by atoms with E-state index in [2.05, 4.69) is 21.3 Å². The van der Waals surface area contributed by atoms with Crippen molar-refractivity contribution < 1.29 is 32.2 Å². The molecule has 0 spiro atoms. The second-order valence-corrected chi connectivity index (χ2v) is 8.92. The normalized spacial score (nSPS) is 14.4. The molecule has 4 rings (SSSR count). The van der Waals surface area contributed by atoms with Crippen molar-refractivity contribution in [3.05, 3.63) is 59.9 Å². The largest absolute Gasteiger partial charge is 0.497 e. The Morgan fingerprint density at radius 1 is 1.13 bits per heavy atom. The number of rotatable bonds is 8. The first-order valence-electron chi connectivity index (χ1n) is 12.0. The lowest BCUT2D eigenvalue weighted by Crippen LogP contribution is -2.59. The van der Waals surface area contributed by atoms with Gasteiger partial charge in [-0.05, 0) is 55.2 Å². The van der Waals surface area contributed by atoms with E-state index in [9.17, 15) is 22.8 Å². The quantitative estimate of drug-likeness (QED) is 0.435. The molecule has 0 radical (unpaired) electrons. The molecule has 0 bridgehead atoms. The van der Waals surface area contributed by atoms with Crippen molar-refractivity contribution in [2.24, 2.45) is 0 Å². The van der Waals surface area contributed by atoms with Crippen molar-refractivity contribution in [2.75, 3.05) is 19.1 Å². The van der Waals surface area contributed by atoms with Gasteiger partial charge in [0.15, 0.2) is 0 Å². The number of methoxy groups -OCH3 is 2. The topological polar surface area (TPSA) is 98.6 Å². The fraction of sp³-hybridized carbons (Fsp3) is 0.333. The van der Waals surface area contributed by atoms with E-state index in [-0.39, 0.29) is 18.2 Å². The van der Waals surface area contributed by atoms with Crippen molar-refractivity contribution in [2.45, 2.75) is 43.9 Å². The summed E-state index contributed by atoms with van der Waals surface area (Å²) in [4.78, 5) is 32.0. The van der Waals surface area contributed by atoms with Crippen LogP contribution >= 0.6 is 0 Å². The first-order valence-corrected chi connectivity index (χ1v) is 12.0. The molecule has 1 aliphatic carbocycles. The lowest BCUT2D eigenvalue weighted by atomic mass is 9.93. The number of alkyl halides is 3. The number of nitrogens with zero attached hydrogens (tertiary/aromatic N) is 4. The van der Waals surface area contributed by atoms with Crippen molar-refractivity contribution in [1.29, 1.82) is 0 Å². The van der Waals surface area contributed by atoms with Gasteiger partial charge in [0.05, 0.1) is 25.5 Å². The van der Waals surface area contributed by atoms with Crippen molar-refractivity contribution >= 4 is 17.8 Å². The average Bonchev–Trinajstić information content (AvgIpc) is 3.62. The standard InChI is InChI=1S/C27H26F3N5O4/c1-4-23(36)35(25-32-17-34(33-25)20-10-8-19(9-11-20)27(28,29)30)26(13-5-6-14-26)24(37)31-16-18-7-12-21(38-2)15-22(18)39-3/h1,7-12,15,17H,5-6,13-14,16H2,2-3H3,(H,31,37). The van der Waals surface area contributed by atoms with E-state index < -0.39 is 29.1 Å². The second kappa shape index (κ2) is 11.1. The predicted molar refractivity (Wildman–Crippen MR) is 135 cm³/mol. The highest BCUT2D eigenvalue weighted by molar-refractivity contribution is 6.10. The minimum absolute atomic E-state index is 0.110. The number of hydrogen-bond donors (Lipinski definition) is 1. The monoisotopic (exact) mass is 541 g/mol. The molecule has 1 heterocycles. The number of aromatic nitrogens is 3. The fourth-order valence-corrected chi connectivity index (χ4v) is 4.68. The van der Waals surface area contributed by atoms with Crippen LogP contribution in [0.4, 0.5) is 19.1 Å². The molecule has 3 aromatic rings. The van der Waals surface area contributed by atoms with Crippen LogP contribution in [0.15, 0.2) is 48.8 Å². The van der Waals surface area contributed by atoms with E-state index in [0.29, 0.717) is 42.7 Å². The highest BCUT2D eigenvalue weighted by Gasteiger charge is 2.50. The Bertz CT molecular complexity index is 1390. The van der Waals surface area contributed by atoms with E-state index in [1.54, 1.807) is 18.2 Å². The Kier molecular flexibility index (Phi) is 7.80. The smallest absolute Gasteiger partial charge is 0.416 e. The molecule has 0 atom stereocenters. The summed E-state index contributed by atoms with van der Waals surface area (Å²) in [5, 5.41) is 7.19. The number of hydrogen-bond acceptors (Lipinski definition) is 6. The van der Waals surface area contributed by atoms with Gasteiger partial charge in [0.1, 0.15) is 23.4 Å². The Labute approximate surface area is 222 Å². The third-order valence-corrected chi connectivity index (χ3v) is 6.68. The third kappa shape index (κ3) is 5.52. The van der Waals surface area contributed by atoms with Gasteiger partial charge in [-0.3, -0.25) is 14.5 Å². The summed E-state index contributed by atoms with van der Waals surface area (Å²) in [5.41, 5.74) is -1.19. The molecule has 1 saturated carbocycles. The summed E-state index contributed by atoms with van der Waals surface area (Å²) in [5.74, 6) is 1.79. The molecule has 204 valence electrons. The number of halogens is 3. The summed E-state index contributed by atoms with van der Waals surface area (Å²) in [6, 6.07) is 9.49. The van der Waals surface area contributed by atoms with Gasteiger partial charge in [0.25, 0.3) is 5.95 Å². The maximum Gasteiger partial charge on any atom is 0.416 e. The van der Waals surface area contributed by atoms with Crippen LogP contribution in [-0.4, -0.2) is 46.3 Å². The van der Waals surface area contributed by atoms with E-state index >= 15 is 0 Å². The molecule has 0 saturated heterocycles. The summed E-state index contributed by atoms with van der Waals surface area (Å²) in [6.45, 7) is 0.110. The number of benzene rings is 2. The number of carbonyl (C=O) groups excluding carboxylic acids is 2. The molecule has 1 aliphatic rings. The van der Waals surface area contributed by atoms with Crippen LogP contribution in [0.2, 0.25) is 0 Å². The van der Waals surface area contributed by atoms with E-state index in [1.807, 2.05) is 0 Å². The molecule has 9 nitrogen and oxygen atoms in total. The zero-order valence-electron chi connectivity index (χ0n) is 21.3. The van der Waals surface area contributed by atoms with Gasteiger partial charge >= 0.3 is 12.1 Å². The fourth-order valence-electron chi connectivity index (χ4n) is 4.68. The zero-order valence-corrected chi connectivity index (χ0v) is 21.3.